The van der Waals surface area contributed by atoms with Crippen molar-refractivity contribution in [3.8, 4) is 0 Å². The van der Waals surface area contributed by atoms with Gasteiger partial charge in [-0.2, -0.15) is 5.10 Å². The van der Waals surface area contributed by atoms with Gasteiger partial charge in [0.25, 0.3) is 0 Å². The zero-order valence-corrected chi connectivity index (χ0v) is 13.0. The predicted octanol–water partition coefficient (Wildman–Crippen LogP) is 3.36. The molecule has 1 atom stereocenters. The first kappa shape index (κ1) is 15.0. The van der Waals surface area contributed by atoms with Crippen molar-refractivity contribution < 1.29 is 0 Å². The molecule has 0 bridgehead atoms. The average molecular weight is 293 g/mol. The Bertz CT molecular complexity index is 551. The lowest BCUT2D eigenvalue weighted by Gasteiger charge is -2.14. The molecule has 0 fully saturated rings. The summed E-state index contributed by atoms with van der Waals surface area (Å²) in [5.41, 5.74) is 3.25. The Morgan fingerprint density at radius 2 is 2.00 bits per heavy atom. The molecule has 0 aliphatic rings. The van der Waals surface area contributed by atoms with Crippen LogP contribution in [0.25, 0.3) is 0 Å². The Morgan fingerprint density at radius 3 is 2.60 bits per heavy atom. The molecule has 4 nitrogen and oxygen atoms in total. The van der Waals surface area contributed by atoms with Crippen molar-refractivity contribution >= 4 is 11.6 Å². The predicted molar refractivity (Wildman–Crippen MR) is 81.8 cm³/mol. The van der Waals surface area contributed by atoms with Crippen LogP contribution in [0, 0.1) is 0 Å². The maximum absolute atomic E-state index is 6.40. The summed E-state index contributed by atoms with van der Waals surface area (Å²) < 4.78 is 1.98. The Kier molecular flexibility index (Phi) is 5.15. The third kappa shape index (κ3) is 3.19. The number of nitrogens with one attached hydrogen (secondary N) is 1. The van der Waals surface area contributed by atoms with Crippen molar-refractivity contribution in [1.29, 1.82) is 0 Å². The minimum absolute atomic E-state index is 0.249. The summed E-state index contributed by atoms with van der Waals surface area (Å²) in [6.07, 6.45) is 4.48. The molecule has 20 heavy (non-hydrogen) atoms. The zero-order chi connectivity index (χ0) is 14.5. The Hall–Kier alpha value is -1.39. The van der Waals surface area contributed by atoms with Gasteiger partial charge >= 0.3 is 0 Å². The molecule has 2 heterocycles. The molecular formula is C15H21ClN4. The van der Waals surface area contributed by atoms with E-state index in [2.05, 4.69) is 36.2 Å². The van der Waals surface area contributed by atoms with Gasteiger partial charge in [-0.3, -0.25) is 9.67 Å². The largest absolute Gasteiger partial charge is 0.305 e. The normalized spacial score (nSPS) is 12.6. The van der Waals surface area contributed by atoms with Crippen molar-refractivity contribution in [2.75, 3.05) is 0 Å². The van der Waals surface area contributed by atoms with Crippen LogP contribution in [-0.2, 0) is 19.5 Å². The van der Waals surface area contributed by atoms with Crippen LogP contribution >= 0.6 is 11.6 Å². The van der Waals surface area contributed by atoms with Gasteiger partial charge in [-0.25, -0.2) is 0 Å². The van der Waals surface area contributed by atoms with E-state index in [9.17, 15) is 0 Å². The molecule has 0 aliphatic heterocycles. The SMILES string of the molecule is CCc1nn(CC)c(CN[C@@H](C)c2ccncc2)c1Cl. The molecule has 0 radical (unpaired) electrons. The van der Waals surface area contributed by atoms with Gasteiger partial charge in [-0.05, 0) is 38.0 Å². The Morgan fingerprint density at radius 1 is 1.30 bits per heavy atom. The molecule has 2 aromatic heterocycles. The molecule has 0 saturated carbocycles. The van der Waals surface area contributed by atoms with Crippen molar-refractivity contribution in [3.63, 3.8) is 0 Å². The molecular weight excluding hydrogens is 272 g/mol. The molecule has 0 saturated heterocycles. The summed E-state index contributed by atoms with van der Waals surface area (Å²) in [4.78, 5) is 4.04. The molecule has 0 aliphatic carbocycles. The smallest absolute Gasteiger partial charge is 0.0863 e. The summed E-state index contributed by atoms with van der Waals surface area (Å²) in [5.74, 6) is 0. The van der Waals surface area contributed by atoms with Crippen LogP contribution in [-0.4, -0.2) is 14.8 Å². The van der Waals surface area contributed by atoms with Crippen LogP contribution in [0.1, 0.15) is 43.8 Å². The summed E-state index contributed by atoms with van der Waals surface area (Å²) in [5, 5.41) is 8.82. The number of aryl methyl sites for hydroxylation is 2. The van der Waals surface area contributed by atoms with Gasteiger partial charge in [0, 0.05) is 31.5 Å². The van der Waals surface area contributed by atoms with Crippen molar-refractivity contribution in [1.82, 2.24) is 20.1 Å². The zero-order valence-electron chi connectivity index (χ0n) is 12.2. The van der Waals surface area contributed by atoms with Gasteiger partial charge in [-0.15, -0.1) is 0 Å². The van der Waals surface area contributed by atoms with E-state index in [0.717, 1.165) is 29.4 Å². The maximum Gasteiger partial charge on any atom is 0.0863 e. The topological polar surface area (TPSA) is 42.7 Å². The van der Waals surface area contributed by atoms with Crippen LogP contribution in [0.3, 0.4) is 0 Å². The van der Waals surface area contributed by atoms with Gasteiger partial charge in [0.2, 0.25) is 0 Å². The fourth-order valence-electron chi connectivity index (χ4n) is 2.21. The van der Waals surface area contributed by atoms with E-state index in [-0.39, 0.29) is 6.04 Å². The molecule has 0 unspecified atom stereocenters. The summed E-state index contributed by atoms with van der Waals surface area (Å²) in [6.45, 7) is 7.84. The number of aromatic nitrogens is 3. The van der Waals surface area contributed by atoms with E-state index in [1.807, 2.05) is 29.2 Å². The van der Waals surface area contributed by atoms with Gasteiger partial charge < -0.3 is 5.32 Å². The standard InChI is InChI=1S/C15H21ClN4/c1-4-13-15(16)14(20(5-2)19-13)10-18-11(3)12-6-8-17-9-7-12/h6-9,11,18H,4-5,10H2,1-3H3/t11-/m0/s1. The van der Waals surface area contributed by atoms with Crippen LogP contribution in [0.15, 0.2) is 24.5 Å². The number of pyridine rings is 1. The highest BCUT2D eigenvalue weighted by Crippen LogP contribution is 2.22. The van der Waals surface area contributed by atoms with Crippen LogP contribution in [0.4, 0.5) is 0 Å². The molecule has 0 amide bonds. The number of halogens is 1. The van der Waals surface area contributed by atoms with E-state index in [1.54, 1.807) is 0 Å². The fourth-order valence-corrected chi connectivity index (χ4v) is 2.54. The maximum atomic E-state index is 6.40. The first-order valence-electron chi connectivity index (χ1n) is 7.04. The third-order valence-corrected chi connectivity index (χ3v) is 3.91. The highest BCUT2D eigenvalue weighted by Gasteiger charge is 2.15. The van der Waals surface area contributed by atoms with Gasteiger partial charge in [0.05, 0.1) is 16.4 Å². The number of rotatable bonds is 6. The second-order valence-corrected chi connectivity index (χ2v) is 5.14. The quantitative estimate of drug-likeness (QED) is 0.888. The molecule has 0 aromatic carbocycles. The third-order valence-electron chi connectivity index (χ3n) is 3.48. The molecule has 108 valence electrons. The van der Waals surface area contributed by atoms with Crippen molar-refractivity contribution in [2.24, 2.45) is 0 Å². The first-order chi connectivity index (χ1) is 9.67. The Labute approximate surface area is 125 Å². The molecule has 2 rings (SSSR count). The number of nitrogens with zero attached hydrogens (tertiary/aromatic N) is 3. The lowest BCUT2D eigenvalue weighted by molar-refractivity contribution is 0.530. The van der Waals surface area contributed by atoms with Crippen LogP contribution < -0.4 is 5.32 Å². The minimum atomic E-state index is 0.249. The van der Waals surface area contributed by atoms with E-state index in [4.69, 9.17) is 11.6 Å². The van der Waals surface area contributed by atoms with Gasteiger partial charge in [0.1, 0.15) is 0 Å². The molecule has 1 N–H and O–H groups in total. The van der Waals surface area contributed by atoms with E-state index in [1.165, 1.54) is 5.56 Å². The van der Waals surface area contributed by atoms with E-state index in [0.29, 0.717) is 6.54 Å². The summed E-state index contributed by atoms with van der Waals surface area (Å²) in [7, 11) is 0. The average Bonchev–Trinajstić information content (AvgIpc) is 2.81. The lowest BCUT2D eigenvalue weighted by Crippen LogP contribution is -2.20. The van der Waals surface area contributed by atoms with Crippen LogP contribution in [0.2, 0.25) is 5.02 Å². The molecule has 2 aromatic rings. The van der Waals surface area contributed by atoms with Crippen molar-refractivity contribution in [2.45, 2.75) is 46.3 Å². The highest BCUT2D eigenvalue weighted by molar-refractivity contribution is 6.31. The molecule has 0 spiro atoms. The Balaban J connectivity index is 2.09. The monoisotopic (exact) mass is 292 g/mol. The van der Waals surface area contributed by atoms with Crippen molar-refractivity contribution in [3.05, 3.63) is 46.5 Å². The first-order valence-corrected chi connectivity index (χ1v) is 7.42. The van der Waals surface area contributed by atoms with Crippen LogP contribution in [0.5, 0.6) is 0 Å². The highest BCUT2D eigenvalue weighted by atomic mass is 35.5. The van der Waals surface area contributed by atoms with Gasteiger partial charge in [-0.1, -0.05) is 18.5 Å². The number of hydrogen-bond donors (Lipinski definition) is 1. The second kappa shape index (κ2) is 6.86. The van der Waals surface area contributed by atoms with E-state index >= 15 is 0 Å². The van der Waals surface area contributed by atoms with Gasteiger partial charge in [0.15, 0.2) is 0 Å². The summed E-state index contributed by atoms with van der Waals surface area (Å²) >= 11 is 6.40. The molecule has 5 heteroatoms. The second-order valence-electron chi connectivity index (χ2n) is 4.76. The minimum Gasteiger partial charge on any atom is -0.305 e. The number of hydrogen-bond acceptors (Lipinski definition) is 3. The lowest BCUT2D eigenvalue weighted by atomic mass is 10.1. The summed E-state index contributed by atoms with van der Waals surface area (Å²) in [6, 6.07) is 4.29. The van der Waals surface area contributed by atoms with E-state index < -0.39 is 0 Å². The fraction of sp³-hybridized carbons (Fsp3) is 0.467.